The maximum atomic E-state index is 6.01. The SMILES string of the molecule is COCc1cc(Cl)nc(-c2cc(C)cc(C)c2)n1. The summed E-state index contributed by atoms with van der Waals surface area (Å²) in [5, 5.41) is 0.436. The van der Waals surface area contributed by atoms with Gasteiger partial charge < -0.3 is 4.74 Å². The summed E-state index contributed by atoms with van der Waals surface area (Å²) in [5.74, 6) is 0.640. The molecule has 2 aromatic rings. The first kappa shape index (κ1) is 13.0. The molecule has 1 heterocycles. The van der Waals surface area contributed by atoms with Crippen LogP contribution in [0.5, 0.6) is 0 Å². The second-order valence-corrected chi connectivity index (χ2v) is 4.70. The molecule has 2 rings (SSSR count). The minimum atomic E-state index is 0.431. The van der Waals surface area contributed by atoms with E-state index in [2.05, 4.69) is 42.0 Å². The maximum absolute atomic E-state index is 6.01. The third-order valence-electron chi connectivity index (χ3n) is 2.52. The molecular weight excluding hydrogens is 248 g/mol. The Hall–Kier alpha value is -1.45. The standard InChI is InChI=1S/C14H15ClN2O/c1-9-4-10(2)6-11(5-9)14-16-12(8-18-3)7-13(15)17-14/h4-7H,8H2,1-3H3. The first-order valence-corrected chi connectivity index (χ1v) is 6.07. The molecule has 0 fully saturated rings. The van der Waals surface area contributed by atoms with Crippen LogP contribution in [0.15, 0.2) is 24.3 Å². The molecule has 1 aromatic carbocycles. The molecule has 18 heavy (non-hydrogen) atoms. The summed E-state index contributed by atoms with van der Waals surface area (Å²) in [6.45, 7) is 4.54. The van der Waals surface area contributed by atoms with Crippen molar-refractivity contribution in [1.82, 2.24) is 9.97 Å². The normalized spacial score (nSPS) is 10.7. The summed E-state index contributed by atoms with van der Waals surface area (Å²) in [5.41, 5.74) is 4.13. The van der Waals surface area contributed by atoms with Crippen molar-refractivity contribution >= 4 is 11.6 Å². The fourth-order valence-electron chi connectivity index (χ4n) is 1.92. The molecule has 3 nitrogen and oxygen atoms in total. The summed E-state index contributed by atoms with van der Waals surface area (Å²) in [6.07, 6.45) is 0. The lowest BCUT2D eigenvalue weighted by Crippen LogP contribution is -1.98. The number of methoxy groups -OCH3 is 1. The average molecular weight is 263 g/mol. The Morgan fingerprint density at radius 1 is 1.06 bits per heavy atom. The topological polar surface area (TPSA) is 35.0 Å². The number of halogens is 1. The fourth-order valence-corrected chi connectivity index (χ4v) is 2.12. The molecule has 4 heteroatoms. The van der Waals surface area contributed by atoms with Gasteiger partial charge in [0.25, 0.3) is 0 Å². The van der Waals surface area contributed by atoms with Gasteiger partial charge in [-0.15, -0.1) is 0 Å². The van der Waals surface area contributed by atoms with Gasteiger partial charge in [-0.3, -0.25) is 0 Å². The van der Waals surface area contributed by atoms with Crippen molar-refractivity contribution in [2.45, 2.75) is 20.5 Å². The molecule has 0 bridgehead atoms. The van der Waals surface area contributed by atoms with Crippen molar-refractivity contribution in [1.29, 1.82) is 0 Å². The van der Waals surface area contributed by atoms with Crippen molar-refractivity contribution in [3.8, 4) is 11.4 Å². The average Bonchev–Trinajstić information content (AvgIpc) is 2.27. The number of nitrogens with zero attached hydrogens (tertiary/aromatic N) is 2. The first-order valence-electron chi connectivity index (χ1n) is 5.69. The van der Waals surface area contributed by atoms with Crippen LogP contribution in [0.25, 0.3) is 11.4 Å². The lowest BCUT2D eigenvalue weighted by atomic mass is 10.1. The van der Waals surface area contributed by atoms with Gasteiger partial charge >= 0.3 is 0 Å². The van der Waals surface area contributed by atoms with Crippen LogP contribution < -0.4 is 0 Å². The minimum Gasteiger partial charge on any atom is -0.378 e. The highest BCUT2D eigenvalue weighted by Gasteiger charge is 2.07. The summed E-state index contributed by atoms with van der Waals surface area (Å²) in [6, 6.07) is 7.94. The lowest BCUT2D eigenvalue weighted by molar-refractivity contribution is 0.181. The van der Waals surface area contributed by atoms with Crippen molar-refractivity contribution in [3.63, 3.8) is 0 Å². The minimum absolute atomic E-state index is 0.431. The second kappa shape index (κ2) is 5.46. The molecule has 0 atom stereocenters. The van der Waals surface area contributed by atoms with Gasteiger partial charge in [0.05, 0.1) is 12.3 Å². The Labute approximate surface area is 112 Å². The zero-order valence-corrected chi connectivity index (χ0v) is 11.5. The van der Waals surface area contributed by atoms with Crippen LogP contribution in [0.4, 0.5) is 0 Å². The highest BCUT2D eigenvalue weighted by Crippen LogP contribution is 2.21. The number of benzene rings is 1. The first-order chi connectivity index (χ1) is 8.58. The Balaban J connectivity index is 2.49. The third-order valence-corrected chi connectivity index (χ3v) is 2.71. The zero-order chi connectivity index (χ0) is 13.1. The largest absolute Gasteiger partial charge is 0.378 e. The molecule has 0 N–H and O–H groups in total. The van der Waals surface area contributed by atoms with Gasteiger partial charge in [-0.25, -0.2) is 9.97 Å². The summed E-state index contributed by atoms with van der Waals surface area (Å²) in [4.78, 5) is 8.72. The van der Waals surface area contributed by atoms with Crippen molar-refractivity contribution < 1.29 is 4.74 Å². The summed E-state index contributed by atoms with van der Waals surface area (Å²) < 4.78 is 5.07. The van der Waals surface area contributed by atoms with Crippen LogP contribution >= 0.6 is 11.6 Å². The van der Waals surface area contributed by atoms with E-state index < -0.39 is 0 Å². The summed E-state index contributed by atoms with van der Waals surface area (Å²) >= 11 is 6.01. The molecular formula is C14H15ClN2O. The van der Waals surface area contributed by atoms with E-state index in [-0.39, 0.29) is 0 Å². The Morgan fingerprint density at radius 2 is 1.72 bits per heavy atom. The second-order valence-electron chi connectivity index (χ2n) is 4.32. The number of aryl methyl sites for hydroxylation is 2. The van der Waals surface area contributed by atoms with Gasteiger partial charge in [0.15, 0.2) is 5.82 Å². The lowest BCUT2D eigenvalue weighted by Gasteiger charge is -2.06. The van der Waals surface area contributed by atoms with Gasteiger partial charge in [-0.1, -0.05) is 28.8 Å². The number of hydrogen-bond donors (Lipinski definition) is 0. The van der Waals surface area contributed by atoms with E-state index in [1.165, 1.54) is 11.1 Å². The predicted octanol–water partition coefficient (Wildman–Crippen LogP) is 3.56. The van der Waals surface area contributed by atoms with E-state index in [1.54, 1.807) is 13.2 Å². The molecule has 0 aliphatic rings. The molecule has 0 saturated carbocycles. The zero-order valence-electron chi connectivity index (χ0n) is 10.7. The van der Waals surface area contributed by atoms with Crippen LogP contribution in [0.2, 0.25) is 5.15 Å². The smallest absolute Gasteiger partial charge is 0.161 e. The van der Waals surface area contributed by atoms with Crippen LogP contribution in [0.3, 0.4) is 0 Å². The van der Waals surface area contributed by atoms with Gasteiger partial charge in [0, 0.05) is 12.7 Å². The highest BCUT2D eigenvalue weighted by molar-refractivity contribution is 6.29. The van der Waals surface area contributed by atoms with E-state index in [9.17, 15) is 0 Å². The number of aromatic nitrogens is 2. The third kappa shape index (κ3) is 3.06. The van der Waals surface area contributed by atoms with Gasteiger partial charge in [-0.05, 0) is 32.0 Å². The van der Waals surface area contributed by atoms with E-state index in [0.29, 0.717) is 17.6 Å². The molecule has 0 radical (unpaired) electrons. The highest BCUT2D eigenvalue weighted by atomic mass is 35.5. The molecule has 0 spiro atoms. The van der Waals surface area contributed by atoms with Crippen molar-refractivity contribution in [2.75, 3.05) is 7.11 Å². The van der Waals surface area contributed by atoms with E-state index in [1.807, 2.05) is 0 Å². The van der Waals surface area contributed by atoms with E-state index in [0.717, 1.165) is 11.3 Å². The van der Waals surface area contributed by atoms with Crippen molar-refractivity contribution in [3.05, 3.63) is 46.2 Å². The van der Waals surface area contributed by atoms with Crippen LogP contribution in [0, 0.1) is 13.8 Å². The number of ether oxygens (including phenoxy) is 1. The Morgan fingerprint density at radius 3 is 2.33 bits per heavy atom. The van der Waals surface area contributed by atoms with Gasteiger partial charge in [0.1, 0.15) is 5.15 Å². The van der Waals surface area contributed by atoms with Gasteiger partial charge in [-0.2, -0.15) is 0 Å². The number of hydrogen-bond acceptors (Lipinski definition) is 3. The molecule has 0 unspecified atom stereocenters. The summed E-state index contributed by atoms with van der Waals surface area (Å²) in [7, 11) is 1.63. The quantitative estimate of drug-likeness (QED) is 0.794. The molecule has 0 aliphatic carbocycles. The fraction of sp³-hybridized carbons (Fsp3) is 0.286. The van der Waals surface area contributed by atoms with E-state index in [4.69, 9.17) is 16.3 Å². The van der Waals surface area contributed by atoms with Gasteiger partial charge in [0.2, 0.25) is 0 Å². The predicted molar refractivity (Wildman–Crippen MR) is 72.7 cm³/mol. The van der Waals surface area contributed by atoms with Crippen LogP contribution in [0.1, 0.15) is 16.8 Å². The molecule has 0 amide bonds. The number of rotatable bonds is 3. The molecule has 0 saturated heterocycles. The van der Waals surface area contributed by atoms with Crippen molar-refractivity contribution in [2.24, 2.45) is 0 Å². The van der Waals surface area contributed by atoms with Crippen LogP contribution in [-0.4, -0.2) is 17.1 Å². The monoisotopic (exact) mass is 262 g/mol. The Bertz CT molecular complexity index is 549. The molecule has 94 valence electrons. The maximum Gasteiger partial charge on any atom is 0.161 e. The Kier molecular flexibility index (Phi) is 3.94. The van der Waals surface area contributed by atoms with Crippen LogP contribution in [-0.2, 0) is 11.3 Å². The molecule has 1 aromatic heterocycles. The van der Waals surface area contributed by atoms with E-state index >= 15 is 0 Å². The molecule has 0 aliphatic heterocycles.